The zero-order valence-electron chi connectivity index (χ0n) is 10.7. The zero-order chi connectivity index (χ0) is 13.4. The fourth-order valence-corrected chi connectivity index (χ4v) is 2.04. The van der Waals surface area contributed by atoms with Crippen molar-refractivity contribution in [3.05, 3.63) is 47.9 Å². The van der Waals surface area contributed by atoms with Gasteiger partial charge in [0.15, 0.2) is 11.6 Å². The number of carbonyl (C=O) groups excluding carboxylic acids is 1. The average Bonchev–Trinajstić information content (AvgIpc) is 2.80. The second kappa shape index (κ2) is 4.28. The summed E-state index contributed by atoms with van der Waals surface area (Å²) >= 11 is 0. The van der Waals surface area contributed by atoms with Gasteiger partial charge in [0.25, 0.3) is 0 Å². The van der Waals surface area contributed by atoms with Crippen LogP contribution in [0.2, 0.25) is 0 Å². The maximum atomic E-state index is 11.4. The quantitative estimate of drug-likeness (QED) is 0.657. The maximum absolute atomic E-state index is 11.4. The van der Waals surface area contributed by atoms with Crippen molar-refractivity contribution in [2.24, 2.45) is 0 Å². The summed E-state index contributed by atoms with van der Waals surface area (Å²) in [5, 5.41) is 4.21. The lowest BCUT2D eigenvalue weighted by molar-refractivity contribution is 0.101. The summed E-state index contributed by atoms with van der Waals surface area (Å²) in [7, 11) is 0. The Morgan fingerprint density at radius 2 is 1.89 bits per heavy atom. The molecule has 0 N–H and O–H groups in total. The Bertz CT molecular complexity index is 776. The number of hydrogen-bond donors (Lipinski definition) is 0. The Hall–Kier alpha value is -2.56. The number of rotatable bonds is 2. The van der Waals surface area contributed by atoms with E-state index in [9.17, 15) is 4.79 Å². The number of nitrogens with zero attached hydrogens (tertiary/aromatic N) is 4. The van der Waals surface area contributed by atoms with Crippen LogP contribution in [0.3, 0.4) is 0 Å². The number of hydrogen-bond acceptors (Lipinski definition) is 4. The van der Waals surface area contributed by atoms with Crippen molar-refractivity contribution in [2.45, 2.75) is 13.8 Å². The van der Waals surface area contributed by atoms with Gasteiger partial charge >= 0.3 is 0 Å². The first-order valence-electron chi connectivity index (χ1n) is 5.94. The van der Waals surface area contributed by atoms with Gasteiger partial charge in [0, 0.05) is 0 Å². The van der Waals surface area contributed by atoms with Crippen molar-refractivity contribution < 1.29 is 4.79 Å². The molecule has 0 unspecified atom stereocenters. The summed E-state index contributed by atoms with van der Waals surface area (Å²) in [4.78, 5) is 20.3. The molecule has 1 aromatic carbocycles. The predicted octanol–water partition coefficient (Wildman–Crippen LogP) is 2.33. The molecule has 0 saturated carbocycles. The molecule has 0 spiro atoms. The van der Waals surface area contributed by atoms with Gasteiger partial charge < -0.3 is 0 Å². The molecule has 0 aliphatic carbocycles. The van der Waals surface area contributed by atoms with E-state index in [-0.39, 0.29) is 5.78 Å². The first-order chi connectivity index (χ1) is 9.16. The molecule has 2 heterocycles. The van der Waals surface area contributed by atoms with E-state index >= 15 is 0 Å². The van der Waals surface area contributed by atoms with Crippen LogP contribution in [0, 0.1) is 6.92 Å². The highest BCUT2D eigenvalue weighted by Crippen LogP contribution is 2.15. The molecule has 0 fully saturated rings. The Morgan fingerprint density at radius 1 is 1.16 bits per heavy atom. The minimum Gasteiger partial charge on any atom is -0.294 e. The fraction of sp³-hybridized carbons (Fsp3) is 0.143. The standard InChI is InChI=1S/C14H12N4O/c1-9-11(10(2)19)7-16-18(9)14-8-15-12-5-3-4-6-13(12)17-14/h3-8H,1-2H3. The first kappa shape index (κ1) is 11.5. The minimum absolute atomic E-state index is 0.00232. The SMILES string of the molecule is CC(=O)c1cnn(-c2cnc3ccccc3n2)c1C. The lowest BCUT2D eigenvalue weighted by Crippen LogP contribution is -2.04. The Labute approximate surface area is 109 Å². The van der Waals surface area contributed by atoms with E-state index in [0.717, 1.165) is 16.7 Å². The molecule has 0 aliphatic heterocycles. The molecule has 19 heavy (non-hydrogen) atoms. The zero-order valence-corrected chi connectivity index (χ0v) is 10.7. The van der Waals surface area contributed by atoms with Crippen LogP contribution >= 0.6 is 0 Å². The molecule has 5 heteroatoms. The van der Waals surface area contributed by atoms with Crippen LogP contribution in [-0.2, 0) is 0 Å². The monoisotopic (exact) mass is 252 g/mol. The maximum Gasteiger partial charge on any atom is 0.172 e. The molecule has 5 nitrogen and oxygen atoms in total. The summed E-state index contributed by atoms with van der Waals surface area (Å²) in [6, 6.07) is 7.64. The van der Waals surface area contributed by atoms with E-state index in [2.05, 4.69) is 15.1 Å². The molecule has 94 valence electrons. The third-order valence-electron chi connectivity index (χ3n) is 3.04. The summed E-state index contributed by atoms with van der Waals surface area (Å²) in [5.74, 6) is 0.612. The number of para-hydroxylation sites is 2. The van der Waals surface area contributed by atoms with Crippen LogP contribution in [-0.4, -0.2) is 25.5 Å². The second-order valence-electron chi connectivity index (χ2n) is 4.33. The van der Waals surface area contributed by atoms with Gasteiger partial charge in [-0.3, -0.25) is 9.78 Å². The highest BCUT2D eigenvalue weighted by molar-refractivity contribution is 5.95. The van der Waals surface area contributed by atoms with Crippen LogP contribution in [0.15, 0.2) is 36.7 Å². The van der Waals surface area contributed by atoms with E-state index in [4.69, 9.17) is 0 Å². The lowest BCUT2D eigenvalue weighted by Gasteiger charge is -2.04. The van der Waals surface area contributed by atoms with Gasteiger partial charge in [0.2, 0.25) is 0 Å². The molecule has 0 radical (unpaired) electrons. The molecular weight excluding hydrogens is 240 g/mol. The van der Waals surface area contributed by atoms with E-state index in [1.807, 2.05) is 31.2 Å². The largest absolute Gasteiger partial charge is 0.294 e. The van der Waals surface area contributed by atoms with E-state index in [1.165, 1.54) is 6.92 Å². The molecule has 0 atom stereocenters. The number of carbonyl (C=O) groups is 1. The molecule has 3 aromatic rings. The second-order valence-corrected chi connectivity index (χ2v) is 4.33. The number of Topliss-reactive ketones (excluding diaryl/α,β-unsaturated/α-hetero) is 1. The van der Waals surface area contributed by atoms with Gasteiger partial charge in [-0.2, -0.15) is 5.10 Å². The summed E-state index contributed by atoms with van der Waals surface area (Å²) in [6.45, 7) is 3.38. The van der Waals surface area contributed by atoms with Crippen molar-refractivity contribution in [1.82, 2.24) is 19.7 Å². The van der Waals surface area contributed by atoms with Gasteiger partial charge in [0.1, 0.15) is 0 Å². The van der Waals surface area contributed by atoms with E-state index < -0.39 is 0 Å². The van der Waals surface area contributed by atoms with Crippen molar-refractivity contribution in [2.75, 3.05) is 0 Å². The normalized spacial score (nSPS) is 10.8. The van der Waals surface area contributed by atoms with Crippen LogP contribution in [0.4, 0.5) is 0 Å². The molecule has 0 aliphatic rings. The molecular formula is C14H12N4O. The number of benzene rings is 1. The average molecular weight is 252 g/mol. The van der Waals surface area contributed by atoms with Crippen LogP contribution < -0.4 is 0 Å². The summed E-state index contributed by atoms with van der Waals surface area (Å²) < 4.78 is 1.64. The van der Waals surface area contributed by atoms with Crippen LogP contribution in [0.5, 0.6) is 0 Å². The molecule has 0 amide bonds. The van der Waals surface area contributed by atoms with Gasteiger partial charge in [-0.1, -0.05) is 12.1 Å². The van der Waals surface area contributed by atoms with Gasteiger partial charge in [-0.05, 0) is 26.0 Å². The highest BCUT2D eigenvalue weighted by Gasteiger charge is 2.12. The number of aromatic nitrogens is 4. The lowest BCUT2D eigenvalue weighted by atomic mass is 10.2. The number of ketones is 1. The van der Waals surface area contributed by atoms with Crippen LogP contribution in [0.25, 0.3) is 16.9 Å². The Morgan fingerprint density at radius 3 is 2.58 bits per heavy atom. The molecule has 3 rings (SSSR count). The molecule has 2 aromatic heterocycles. The summed E-state index contributed by atoms with van der Waals surface area (Å²) in [5.41, 5.74) is 3.02. The van der Waals surface area contributed by atoms with Crippen molar-refractivity contribution in [3.8, 4) is 5.82 Å². The fourth-order valence-electron chi connectivity index (χ4n) is 2.04. The third-order valence-corrected chi connectivity index (χ3v) is 3.04. The topological polar surface area (TPSA) is 60.7 Å². The third kappa shape index (κ3) is 1.89. The Balaban J connectivity index is 2.16. The molecule has 0 saturated heterocycles. The highest BCUT2D eigenvalue weighted by atomic mass is 16.1. The van der Waals surface area contributed by atoms with Crippen molar-refractivity contribution >= 4 is 16.8 Å². The Kier molecular flexibility index (Phi) is 2.59. The van der Waals surface area contributed by atoms with Crippen molar-refractivity contribution in [3.63, 3.8) is 0 Å². The van der Waals surface area contributed by atoms with E-state index in [0.29, 0.717) is 11.4 Å². The minimum atomic E-state index is -0.00232. The van der Waals surface area contributed by atoms with Crippen LogP contribution in [0.1, 0.15) is 23.0 Å². The van der Waals surface area contributed by atoms with Gasteiger partial charge in [0.05, 0.1) is 34.7 Å². The van der Waals surface area contributed by atoms with Gasteiger partial charge in [-0.15, -0.1) is 0 Å². The van der Waals surface area contributed by atoms with E-state index in [1.54, 1.807) is 17.1 Å². The number of fused-ring (bicyclic) bond motifs is 1. The van der Waals surface area contributed by atoms with Crippen molar-refractivity contribution in [1.29, 1.82) is 0 Å². The van der Waals surface area contributed by atoms with Gasteiger partial charge in [-0.25, -0.2) is 9.67 Å². The smallest absolute Gasteiger partial charge is 0.172 e. The first-order valence-corrected chi connectivity index (χ1v) is 5.94. The predicted molar refractivity (Wildman–Crippen MR) is 71.4 cm³/mol. The molecule has 0 bridgehead atoms. The summed E-state index contributed by atoms with van der Waals surface area (Å²) in [6.07, 6.45) is 3.22.